The summed E-state index contributed by atoms with van der Waals surface area (Å²) in [5.74, 6) is -0.857. The predicted molar refractivity (Wildman–Crippen MR) is 109 cm³/mol. The molecule has 1 N–H and O–H groups in total. The Kier molecular flexibility index (Phi) is 4.12. The van der Waals surface area contributed by atoms with E-state index in [-0.39, 0.29) is 11.6 Å². The van der Waals surface area contributed by atoms with Gasteiger partial charge in [0.25, 0.3) is 5.91 Å². The lowest BCUT2D eigenvalue weighted by Gasteiger charge is -2.20. The van der Waals surface area contributed by atoms with Crippen molar-refractivity contribution < 1.29 is 9.18 Å². The number of nitrogens with zero attached hydrogens (tertiary/aromatic N) is 5. The highest BCUT2D eigenvalue weighted by atomic mass is 19.1. The largest absolute Gasteiger partial charge is 0.371 e. The zero-order valence-electron chi connectivity index (χ0n) is 15.9. The van der Waals surface area contributed by atoms with Crippen LogP contribution >= 0.6 is 0 Å². The Labute approximate surface area is 166 Å². The van der Waals surface area contributed by atoms with E-state index in [4.69, 9.17) is 0 Å². The number of carbonyl (C=O) groups is 1. The fraction of sp³-hybridized carbons (Fsp3) is 0.238. The fourth-order valence-corrected chi connectivity index (χ4v) is 3.93. The van der Waals surface area contributed by atoms with Gasteiger partial charge in [0.2, 0.25) is 0 Å². The molecule has 5 rings (SSSR count). The number of rotatable bonds is 3. The molecule has 1 saturated heterocycles. The van der Waals surface area contributed by atoms with Crippen molar-refractivity contribution in [3.8, 4) is 0 Å². The monoisotopic (exact) mass is 390 g/mol. The van der Waals surface area contributed by atoms with E-state index in [1.165, 1.54) is 6.07 Å². The first-order valence-electron chi connectivity index (χ1n) is 9.56. The summed E-state index contributed by atoms with van der Waals surface area (Å²) in [7, 11) is 0. The van der Waals surface area contributed by atoms with Crippen molar-refractivity contribution in [3.63, 3.8) is 0 Å². The highest BCUT2D eigenvalue weighted by molar-refractivity contribution is 6.13. The quantitative estimate of drug-likeness (QED) is 0.579. The molecule has 4 heterocycles. The Morgan fingerprint density at radius 3 is 2.83 bits per heavy atom. The molecule has 4 aromatic rings. The molecule has 0 unspecified atom stereocenters. The van der Waals surface area contributed by atoms with E-state index in [9.17, 15) is 9.18 Å². The smallest absolute Gasteiger partial charge is 0.257 e. The maximum atomic E-state index is 14.3. The van der Waals surface area contributed by atoms with Gasteiger partial charge in [0.15, 0.2) is 11.5 Å². The molecule has 146 valence electrons. The third-order valence-corrected chi connectivity index (χ3v) is 5.24. The van der Waals surface area contributed by atoms with Crippen LogP contribution < -0.4 is 10.2 Å². The van der Waals surface area contributed by atoms with Gasteiger partial charge < -0.3 is 14.6 Å². The molecule has 7 nitrogen and oxygen atoms in total. The second kappa shape index (κ2) is 6.80. The van der Waals surface area contributed by atoms with Crippen LogP contribution in [0.15, 0.2) is 42.9 Å². The average Bonchev–Trinajstić information content (AvgIpc) is 3.36. The van der Waals surface area contributed by atoms with Crippen molar-refractivity contribution >= 4 is 33.8 Å². The first-order valence-corrected chi connectivity index (χ1v) is 9.56. The standard InChI is InChI=1S/C21H19FN6O/c1-13-11-28-12-14(10-17(22)20(28)24-13)25-21(29)16-4-5-18(27-8-2-3-9-27)15-6-7-23-26-19(15)16/h4-7,10-12H,2-3,8-9H2,1H3,(H,25,29). The lowest BCUT2D eigenvalue weighted by atomic mass is 10.1. The van der Waals surface area contributed by atoms with Crippen molar-refractivity contribution in [1.82, 2.24) is 19.6 Å². The van der Waals surface area contributed by atoms with Crippen LogP contribution in [0.25, 0.3) is 16.6 Å². The molecule has 1 aliphatic heterocycles. The number of hydrogen-bond acceptors (Lipinski definition) is 5. The third-order valence-electron chi connectivity index (χ3n) is 5.24. The second-order valence-electron chi connectivity index (χ2n) is 7.26. The first-order chi connectivity index (χ1) is 14.1. The van der Waals surface area contributed by atoms with Gasteiger partial charge >= 0.3 is 0 Å². The van der Waals surface area contributed by atoms with Crippen molar-refractivity contribution in [2.45, 2.75) is 19.8 Å². The molecule has 29 heavy (non-hydrogen) atoms. The number of nitrogens with one attached hydrogen (secondary N) is 1. The van der Waals surface area contributed by atoms with Gasteiger partial charge in [-0.2, -0.15) is 5.10 Å². The zero-order chi connectivity index (χ0) is 20.0. The molecule has 0 saturated carbocycles. The van der Waals surface area contributed by atoms with E-state index in [1.807, 2.05) is 12.1 Å². The number of amides is 1. The van der Waals surface area contributed by atoms with E-state index in [1.54, 1.807) is 36.0 Å². The molecule has 1 amide bonds. The van der Waals surface area contributed by atoms with E-state index in [0.717, 1.165) is 37.0 Å². The summed E-state index contributed by atoms with van der Waals surface area (Å²) in [4.78, 5) is 19.4. The summed E-state index contributed by atoms with van der Waals surface area (Å²) in [5.41, 5.74) is 3.27. The number of benzene rings is 1. The lowest BCUT2D eigenvalue weighted by molar-refractivity contribution is 0.102. The Morgan fingerprint density at radius 2 is 2.00 bits per heavy atom. The van der Waals surface area contributed by atoms with Crippen LogP contribution in [0, 0.1) is 12.7 Å². The van der Waals surface area contributed by atoms with Crippen LogP contribution in [-0.2, 0) is 0 Å². The third kappa shape index (κ3) is 3.06. The zero-order valence-corrected chi connectivity index (χ0v) is 15.9. The summed E-state index contributed by atoms with van der Waals surface area (Å²) in [6.45, 7) is 3.77. The Balaban J connectivity index is 1.52. The highest BCUT2D eigenvalue weighted by Crippen LogP contribution is 2.30. The molecule has 3 aromatic heterocycles. The minimum absolute atomic E-state index is 0.229. The average molecular weight is 390 g/mol. The summed E-state index contributed by atoms with van der Waals surface area (Å²) in [6, 6.07) is 6.86. The number of anilines is 2. The van der Waals surface area contributed by atoms with Crippen molar-refractivity contribution in [2.24, 2.45) is 0 Å². The van der Waals surface area contributed by atoms with Gasteiger partial charge in [-0.25, -0.2) is 9.37 Å². The maximum Gasteiger partial charge on any atom is 0.257 e. The first kappa shape index (κ1) is 17.5. The molecule has 8 heteroatoms. The predicted octanol–water partition coefficient (Wildman–Crippen LogP) is 3.58. The number of aryl methyl sites for hydroxylation is 1. The van der Waals surface area contributed by atoms with Crippen molar-refractivity contribution in [2.75, 3.05) is 23.3 Å². The summed E-state index contributed by atoms with van der Waals surface area (Å²) >= 11 is 0. The van der Waals surface area contributed by atoms with Gasteiger partial charge in [-0.3, -0.25) is 4.79 Å². The van der Waals surface area contributed by atoms with E-state index in [2.05, 4.69) is 25.4 Å². The molecule has 1 aromatic carbocycles. The van der Waals surface area contributed by atoms with Crippen LogP contribution in [0.4, 0.5) is 15.8 Å². The molecule has 1 aliphatic rings. The SMILES string of the molecule is Cc1cn2cc(NC(=O)c3ccc(N4CCCC4)c4ccnnc34)cc(F)c2n1. The van der Waals surface area contributed by atoms with Gasteiger partial charge in [0.05, 0.1) is 23.1 Å². The molecule has 0 radical (unpaired) electrons. The van der Waals surface area contributed by atoms with Gasteiger partial charge in [0.1, 0.15) is 5.52 Å². The molecular formula is C21H19FN6O. The Bertz CT molecular complexity index is 1240. The fourth-order valence-electron chi connectivity index (χ4n) is 3.93. The summed E-state index contributed by atoms with van der Waals surface area (Å²) in [5, 5.41) is 11.9. The molecule has 0 bridgehead atoms. The van der Waals surface area contributed by atoms with Crippen molar-refractivity contribution in [1.29, 1.82) is 0 Å². The van der Waals surface area contributed by atoms with E-state index < -0.39 is 5.82 Å². The number of pyridine rings is 1. The van der Waals surface area contributed by atoms with E-state index in [0.29, 0.717) is 22.5 Å². The van der Waals surface area contributed by atoms with E-state index >= 15 is 0 Å². The van der Waals surface area contributed by atoms with Crippen LogP contribution in [0.5, 0.6) is 0 Å². The molecule has 0 aliphatic carbocycles. The van der Waals surface area contributed by atoms with Gasteiger partial charge in [-0.05, 0) is 38.0 Å². The van der Waals surface area contributed by atoms with Gasteiger partial charge in [-0.15, -0.1) is 5.10 Å². The summed E-state index contributed by atoms with van der Waals surface area (Å²) in [6.07, 6.45) is 7.30. The number of carbonyl (C=O) groups excluding carboxylic acids is 1. The number of aromatic nitrogens is 4. The lowest BCUT2D eigenvalue weighted by Crippen LogP contribution is -2.19. The van der Waals surface area contributed by atoms with Crippen LogP contribution in [0.2, 0.25) is 0 Å². The molecular weight excluding hydrogens is 371 g/mol. The Hall–Kier alpha value is -3.55. The number of imidazole rings is 1. The molecule has 0 spiro atoms. The highest BCUT2D eigenvalue weighted by Gasteiger charge is 2.20. The number of halogens is 1. The van der Waals surface area contributed by atoms with Crippen LogP contribution in [0.1, 0.15) is 28.9 Å². The molecule has 1 fully saturated rings. The normalized spacial score (nSPS) is 14.1. The number of fused-ring (bicyclic) bond motifs is 2. The van der Waals surface area contributed by atoms with Crippen molar-refractivity contribution in [3.05, 3.63) is 59.9 Å². The topological polar surface area (TPSA) is 75.4 Å². The van der Waals surface area contributed by atoms with Crippen LogP contribution in [-0.4, -0.2) is 38.6 Å². The van der Waals surface area contributed by atoms with Crippen LogP contribution in [0.3, 0.4) is 0 Å². The van der Waals surface area contributed by atoms with Gasteiger partial charge in [-0.1, -0.05) is 0 Å². The number of hydrogen-bond donors (Lipinski definition) is 1. The summed E-state index contributed by atoms with van der Waals surface area (Å²) < 4.78 is 15.9. The van der Waals surface area contributed by atoms with Gasteiger partial charge in [0, 0.05) is 42.6 Å². The Morgan fingerprint density at radius 1 is 1.17 bits per heavy atom. The minimum atomic E-state index is -0.495. The molecule has 0 atom stereocenters. The minimum Gasteiger partial charge on any atom is -0.371 e. The second-order valence-corrected chi connectivity index (χ2v) is 7.26. The maximum absolute atomic E-state index is 14.3.